The summed E-state index contributed by atoms with van der Waals surface area (Å²) in [5, 5.41) is 2.54. The van der Waals surface area contributed by atoms with Gasteiger partial charge < -0.3 is 5.73 Å². The Morgan fingerprint density at radius 2 is 1.17 bits per heavy atom. The monoisotopic (exact) mass is 309 g/mol. The summed E-state index contributed by atoms with van der Waals surface area (Å²) in [4.78, 5) is 0. The number of benzene rings is 4. The lowest BCUT2D eigenvalue weighted by Crippen LogP contribution is -2.11. The molecule has 0 amide bonds. The molecule has 0 aliphatic heterocycles. The summed E-state index contributed by atoms with van der Waals surface area (Å²) in [6.07, 6.45) is 0. The zero-order valence-corrected chi connectivity index (χ0v) is 13.4. The lowest BCUT2D eigenvalue weighted by Gasteiger charge is -2.14. The highest BCUT2D eigenvalue weighted by molar-refractivity contribution is 5.96. The number of rotatable bonds is 3. The third kappa shape index (κ3) is 2.70. The maximum absolute atomic E-state index is 6.40. The zero-order valence-electron chi connectivity index (χ0n) is 13.4. The second-order valence-corrected chi connectivity index (χ2v) is 6.04. The quantitative estimate of drug-likeness (QED) is 0.527. The predicted molar refractivity (Wildman–Crippen MR) is 102 cm³/mol. The molecule has 1 heteroatoms. The molecule has 1 atom stereocenters. The topological polar surface area (TPSA) is 26.0 Å². The Hall–Kier alpha value is -2.90. The molecule has 0 saturated heterocycles. The van der Waals surface area contributed by atoms with Crippen LogP contribution in [-0.4, -0.2) is 0 Å². The van der Waals surface area contributed by atoms with Gasteiger partial charge in [0.25, 0.3) is 0 Å². The fourth-order valence-electron chi connectivity index (χ4n) is 3.20. The van der Waals surface area contributed by atoms with Gasteiger partial charge in [0.2, 0.25) is 0 Å². The van der Waals surface area contributed by atoms with Gasteiger partial charge in [-0.3, -0.25) is 0 Å². The number of fused-ring (bicyclic) bond motifs is 1. The summed E-state index contributed by atoms with van der Waals surface area (Å²) in [5.74, 6) is 0. The summed E-state index contributed by atoms with van der Waals surface area (Å²) in [6.45, 7) is 0. The van der Waals surface area contributed by atoms with Crippen LogP contribution in [0.3, 0.4) is 0 Å². The molecule has 2 N–H and O–H groups in total. The molecule has 1 unspecified atom stereocenters. The van der Waals surface area contributed by atoms with Crippen molar-refractivity contribution in [2.24, 2.45) is 5.73 Å². The van der Waals surface area contributed by atoms with Crippen molar-refractivity contribution < 1.29 is 0 Å². The fourth-order valence-corrected chi connectivity index (χ4v) is 3.20. The van der Waals surface area contributed by atoms with Crippen molar-refractivity contribution in [2.45, 2.75) is 6.04 Å². The van der Waals surface area contributed by atoms with Crippen LogP contribution >= 0.6 is 0 Å². The van der Waals surface area contributed by atoms with Crippen LogP contribution in [0.5, 0.6) is 0 Å². The van der Waals surface area contributed by atoms with Crippen molar-refractivity contribution in [3.05, 3.63) is 108 Å². The summed E-state index contributed by atoms with van der Waals surface area (Å²) in [7, 11) is 0. The second kappa shape index (κ2) is 6.31. The average Bonchev–Trinajstić information content (AvgIpc) is 2.68. The lowest BCUT2D eigenvalue weighted by molar-refractivity contribution is 0.872. The van der Waals surface area contributed by atoms with E-state index in [0.717, 1.165) is 11.1 Å². The molecular formula is C23H19N. The van der Waals surface area contributed by atoms with Crippen molar-refractivity contribution in [1.82, 2.24) is 0 Å². The van der Waals surface area contributed by atoms with E-state index in [1.807, 2.05) is 18.2 Å². The minimum Gasteiger partial charge on any atom is -0.320 e. The van der Waals surface area contributed by atoms with Crippen molar-refractivity contribution in [3.8, 4) is 11.1 Å². The molecule has 0 aliphatic carbocycles. The molecule has 4 aromatic carbocycles. The summed E-state index contributed by atoms with van der Waals surface area (Å²) < 4.78 is 0. The van der Waals surface area contributed by atoms with E-state index in [2.05, 4.69) is 78.9 Å². The van der Waals surface area contributed by atoms with Gasteiger partial charge in [-0.15, -0.1) is 0 Å². The predicted octanol–water partition coefficient (Wildman–Crippen LogP) is 5.55. The molecule has 0 saturated carbocycles. The first-order chi connectivity index (χ1) is 11.8. The van der Waals surface area contributed by atoms with Crippen LogP contribution in [0, 0.1) is 0 Å². The molecule has 4 aromatic rings. The number of nitrogens with two attached hydrogens (primary N) is 1. The van der Waals surface area contributed by atoms with Gasteiger partial charge in [-0.05, 0) is 33.0 Å². The summed E-state index contributed by atoms with van der Waals surface area (Å²) >= 11 is 0. The Bertz CT molecular complexity index is 951. The standard InChI is InChI=1S/C23H19N/c24-23(19-8-2-1-3-9-19)20-15-13-18(14-16-20)22-12-6-10-17-7-4-5-11-21(17)22/h1-16,23H,24H2. The highest BCUT2D eigenvalue weighted by Crippen LogP contribution is 2.30. The maximum Gasteiger partial charge on any atom is 0.0551 e. The van der Waals surface area contributed by atoms with E-state index in [1.165, 1.54) is 21.9 Å². The van der Waals surface area contributed by atoms with E-state index in [-0.39, 0.29) is 6.04 Å². The first kappa shape index (κ1) is 14.7. The van der Waals surface area contributed by atoms with Gasteiger partial charge in [-0.2, -0.15) is 0 Å². The molecule has 0 heterocycles. The highest BCUT2D eigenvalue weighted by atomic mass is 14.6. The van der Waals surface area contributed by atoms with Crippen LogP contribution in [0.1, 0.15) is 17.2 Å². The van der Waals surface area contributed by atoms with Gasteiger partial charge in [-0.25, -0.2) is 0 Å². The first-order valence-electron chi connectivity index (χ1n) is 8.21. The Morgan fingerprint density at radius 3 is 1.96 bits per heavy atom. The van der Waals surface area contributed by atoms with Gasteiger partial charge in [0.1, 0.15) is 0 Å². The van der Waals surface area contributed by atoms with E-state index in [1.54, 1.807) is 0 Å². The molecule has 0 fully saturated rings. The van der Waals surface area contributed by atoms with Gasteiger partial charge in [-0.1, -0.05) is 97.1 Å². The molecule has 4 rings (SSSR count). The van der Waals surface area contributed by atoms with Gasteiger partial charge in [0.05, 0.1) is 6.04 Å². The molecule has 116 valence electrons. The van der Waals surface area contributed by atoms with Gasteiger partial charge in [0, 0.05) is 0 Å². The van der Waals surface area contributed by atoms with Gasteiger partial charge >= 0.3 is 0 Å². The molecule has 0 spiro atoms. The second-order valence-electron chi connectivity index (χ2n) is 6.04. The molecule has 0 bridgehead atoms. The molecular weight excluding hydrogens is 290 g/mol. The van der Waals surface area contributed by atoms with Crippen molar-refractivity contribution in [2.75, 3.05) is 0 Å². The normalized spacial score (nSPS) is 12.2. The van der Waals surface area contributed by atoms with E-state index < -0.39 is 0 Å². The maximum atomic E-state index is 6.40. The minimum absolute atomic E-state index is 0.0900. The Kier molecular flexibility index (Phi) is 3.86. The minimum atomic E-state index is -0.0900. The van der Waals surface area contributed by atoms with E-state index in [4.69, 9.17) is 5.73 Å². The largest absolute Gasteiger partial charge is 0.320 e. The van der Waals surface area contributed by atoms with Crippen molar-refractivity contribution in [1.29, 1.82) is 0 Å². The Labute approximate surface area is 142 Å². The molecule has 0 radical (unpaired) electrons. The Morgan fingerprint density at radius 1 is 0.542 bits per heavy atom. The van der Waals surface area contributed by atoms with Crippen LogP contribution in [0.2, 0.25) is 0 Å². The van der Waals surface area contributed by atoms with E-state index in [0.29, 0.717) is 0 Å². The third-order valence-electron chi connectivity index (χ3n) is 4.53. The smallest absolute Gasteiger partial charge is 0.0551 e. The van der Waals surface area contributed by atoms with Crippen molar-refractivity contribution >= 4 is 10.8 Å². The number of hydrogen-bond acceptors (Lipinski definition) is 1. The zero-order chi connectivity index (χ0) is 16.4. The van der Waals surface area contributed by atoms with E-state index in [9.17, 15) is 0 Å². The fraction of sp³-hybridized carbons (Fsp3) is 0.0435. The molecule has 0 aromatic heterocycles. The van der Waals surface area contributed by atoms with Gasteiger partial charge in [0.15, 0.2) is 0 Å². The summed E-state index contributed by atoms with van der Waals surface area (Å²) in [5.41, 5.74) is 11.1. The third-order valence-corrected chi connectivity index (χ3v) is 4.53. The Balaban J connectivity index is 1.71. The first-order valence-corrected chi connectivity index (χ1v) is 8.21. The SMILES string of the molecule is NC(c1ccccc1)c1ccc(-c2cccc3ccccc23)cc1. The molecule has 24 heavy (non-hydrogen) atoms. The van der Waals surface area contributed by atoms with Crippen LogP contribution < -0.4 is 5.73 Å². The molecule has 1 nitrogen and oxygen atoms in total. The van der Waals surface area contributed by atoms with Crippen LogP contribution in [0.25, 0.3) is 21.9 Å². The van der Waals surface area contributed by atoms with Crippen LogP contribution in [-0.2, 0) is 0 Å². The van der Waals surface area contributed by atoms with E-state index >= 15 is 0 Å². The highest BCUT2D eigenvalue weighted by Gasteiger charge is 2.09. The lowest BCUT2D eigenvalue weighted by atomic mass is 9.94. The van der Waals surface area contributed by atoms with Crippen LogP contribution in [0.15, 0.2) is 97.1 Å². The molecule has 0 aliphatic rings. The van der Waals surface area contributed by atoms with Crippen molar-refractivity contribution in [3.63, 3.8) is 0 Å². The summed E-state index contributed by atoms with van der Waals surface area (Å²) in [6, 6.07) is 33.7. The van der Waals surface area contributed by atoms with Crippen LogP contribution in [0.4, 0.5) is 0 Å². The number of hydrogen-bond donors (Lipinski definition) is 1. The average molecular weight is 309 g/mol.